The smallest absolute Gasteiger partial charge is 0.269 e. The van der Waals surface area contributed by atoms with E-state index in [2.05, 4.69) is 20.3 Å². The number of aromatic nitrogens is 3. The largest absolute Gasteiger partial charge is 0.349 e. The maximum absolute atomic E-state index is 12.2. The van der Waals surface area contributed by atoms with E-state index in [0.29, 0.717) is 18.3 Å². The van der Waals surface area contributed by atoms with Crippen LogP contribution in [0.2, 0.25) is 0 Å². The lowest BCUT2D eigenvalue weighted by Gasteiger charge is -2.24. The lowest BCUT2D eigenvalue weighted by molar-refractivity contribution is 0.0942. The molecule has 1 fully saturated rings. The van der Waals surface area contributed by atoms with Gasteiger partial charge in [-0.3, -0.25) is 9.48 Å². The number of thiazole rings is 1. The van der Waals surface area contributed by atoms with Gasteiger partial charge in [0.25, 0.3) is 5.91 Å². The molecule has 0 aromatic carbocycles. The van der Waals surface area contributed by atoms with Crippen molar-refractivity contribution in [2.45, 2.75) is 25.8 Å². The van der Waals surface area contributed by atoms with Gasteiger partial charge in [-0.05, 0) is 25.8 Å². The minimum atomic E-state index is -0.0657. The second-order valence-corrected chi connectivity index (χ2v) is 6.18. The van der Waals surface area contributed by atoms with Crippen LogP contribution in [-0.2, 0) is 7.05 Å². The van der Waals surface area contributed by atoms with Gasteiger partial charge in [-0.1, -0.05) is 0 Å². The van der Waals surface area contributed by atoms with Crippen LogP contribution >= 0.6 is 11.3 Å². The summed E-state index contributed by atoms with van der Waals surface area (Å²) in [7, 11) is 1.79. The molecule has 2 aromatic rings. The Balaban J connectivity index is 1.62. The number of carbonyl (C=O) groups excluding carboxylic acids is 1. The fourth-order valence-corrected chi connectivity index (χ4v) is 3.52. The highest BCUT2D eigenvalue weighted by atomic mass is 32.1. The second-order valence-electron chi connectivity index (χ2n) is 5.31. The Morgan fingerprint density at radius 2 is 2.43 bits per heavy atom. The third kappa shape index (κ3) is 2.92. The molecule has 21 heavy (non-hydrogen) atoms. The Hall–Kier alpha value is -1.89. The Kier molecular flexibility index (Phi) is 3.92. The second kappa shape index (κ2) is 5.85. The Bertz CT molecular complexity index is 621. The van der Waals surface area contributed by atoms with E-state index in [9.17, 15) is 4.79 Å². The zero-order valence-corrected chi connectivity index (χ0v) is 13.1. The summed E-state index contributed by atoms with van der Waals surface area (Å²) >= 11 is 1.65. The topological polar surface area (TPSA) is 63.1 Å². The van der Waals surface area contributed by atoms with Crippen molar-refractivity contribution >= 4 is 22.4 Å². The zero-order valence-electron chi connectivity index (χ0n) is 12.2. The van der Waals surface area contributed by atoms with Crippen LogP contribution in [0.3, 0.4) is 0 Å². The molecule has 112 valence electrons. The number of rotatable bonds is 4. The molecule has 7 heteroatoms. The van der Waals surface area contributed by atoms with Crippen molar-refractivity contribution in [3.8, 4) is 0 Å². The molecule has 1 amide bonds. The summed E-state index contributed by atoms with van der Waals surface area (Å²) < 4.78 is 1.62. The number of anilines is 1. The summed E-state index contributed by atoms with van der Waals surface area (Å²) in [5.41, 5.74) is 1.46. The van der Waals surface area contributed by atoms with Crippen molar-refractivity contribution in [1.29, 1.82) is 0 Å². The molecule has 1 unspecified atom stereocenters. The normalized spacial score (nSPS) is 18.2. The van der Waals surface area contributed by atoms with Crippen LogP contribution < -0.4 is 10.2 Å². The highest BCUT2D eigenvalue weighted by molar-refractivity contribution is 7.13. The molecule has 3 heterocycles. The minimum absolute atomic E-state index is 0.0657. The van der Waals surface area contributed by atoms with E-state index in [-0.39, 0.29) is 5.91 Å². The molecular formula is C14H19N5OS. The van der Waals surface area contributed by atoms with E-state index in [1.807, 2.05) is 24.6 Å². The first kappa shape index (κ1) is 14.1. The summed E-state index contributed by atoms with van der Waals surface area (Å²) in [5.74, 6) is -0.0657. The van der Waals surface area contributed by atoms with Gasteiger partial charge in [0.05, 0.1) is 5.69 Å². The molecule has 0 bridgehead atoms. The monoisotopic (exact) mass is 305 g/mol. The first-order valence-electron chi connectivity index (χ1n) is 7.10. The van der Waals surface area contributed by atoms with Gasteiger partial charge in [-0.2, -0.15) is 5.10 Å². The zero-order chi connectivity index (χ0) is 14.8. The molecule has 6 nitrogen and oxygen atoms in total. The van der Waals surface area contributed by atoms with E-state index in [0.717, 1.165) is 30.2 Å². The molecule has 0 spiro atoms. The number of carbonyl (C=O) groups is 1. The van der Waals surface area contributed by atoms with Gasteiger partial charge in [0.1, 0.15) is 5.69 Å². The third-order valence-corrected chi connectivity index (χ3v) is 4.58. The fraction of sp³-hybridized carbons (Fsp3) is 0.500. The number of aryl methyl sites for hydroxylation is 2. The van der Waals surface area contributed by atoms with Crippen LogP contribution in [0, 0.1) is 6.92 Å². The first-order chi connectivity index (χ1) is 10.1. The molecule has 0 aliphatic carbocycles. The Morgan fingerprint density at radius 3 is 3.10 bits per heavy atom. The first-order valence-corrected chi connectivity index (χ1v) is 7.98. The van der Waals surface area contributed by atoms with Crippen molar-refractivity contribution in [2.24, 2.45) is 7.05 Å². The summed E-state index contributed by atoms with van der Waals surface area (Å²) in [5, 5.41) is 10.3. The number of amides is 1. The quantitative estimate of drug-likeness (QED) is 0.931. The molecular weight excluding hydrogens is 286 g/mol. The molecule has 2 aromatic heterocycles. The van der Waals surface area contributed by atoms with Crippen LogP contribution in [0.4, 0.5) is 5.13 Å². The minimum Gasteiger partial charge on any atom is -0.349 e. The van der Waals surface area contributed by atoms with Gasteiger partial charge in [0, 0.05) is 37.8 Å². The summed E-state index contributed by atoms with van der Waals surface area (Å²) in [6.07, 6.45) is 4.06. The predicted octanol–water partition coefficient (Wildman–Crippen LogP) is 1.58. The standard InChI is InChI=1S/C14H19N5OS/c1-10-8-12(18(2)17-10)13(20)16-9-11-4-3-6-19(11)14-15-5-7-21-14/h5,7-8,11H,3-4,6,9H2,1-2H3,(H,16,20). The Labute approximate surface area is 127 Å². The lowest BCUT2D eigenvalue weighted by atomic mass is 10.2. The van der Waals surface area contributed by atoms with Gasteiger partial charge in [-0.25, -0.2) is 4.98 Å². The van der Waals surface area contributed by atoms with Gasteiger partial charge in [0.15, 0.2) is 5.13 Å². The maximum Gasteiger partial charge on any atom is 0.269 e. The molecule has 1 aliphatic rings. The highest BCUT2D eigenvalue weighted by Crippen LogP contribution is 2.26. The molecule has 0 saturated carbocycles. The van der Waals surface area contributed by atoms with Gasteiger partial charge >= 0.3 is 0 Å². The lowest BCUT2D eigenvalue weighted by Crippen LogP contribution is -2.40. The van der Waals surface area contributed by atoms with Crippen molar-refractivity contribution in [3.63, 3.8) is 0 Å². The summed E-state index contributed by atoms with van der Waals surface area (Å²) in [4.78, 5) is 18.9. The third-order valence-electron chi connectivity index (χ3n) is 3.77. The number of nitrogens with zero attached hydrogens (tertiary/aromatic N) is 4. The van der Waals surface area contributed by atoms with E-state index in [4.69, 9.17) is 0 Å². The van der Waals surface area contributed by atoms with E-state index in [1.54, 1.807) is 23.1 Å². The van der Waals surface area contributed by atoms with Crippen molar-refractivity contribution in [3.05, 3.63) is 29.0 Å². The molecule has 1 saturated heterocycles. The SMILES string of the molecule is Cc1cc(C(=O)NCC2CCCN2c2nccs2)n(C)n1. The Morgan fingerprint density at radius 1 is 1.57 bits per heavy atom. The van der Waals surface area contributed by atoms with Gasteiger partial charge in [0.2, 0.25) is 0 Å². The van der Waals surface area contributed by atoms with E-state index < -0.39 is 0 Å². The average molecular weight is 305 g/mol. The summed E-state index contributed by atoms with van der Waals surface area (Å²) in [6.45, 7) is 3.54. The number of nitrogens with one attached hydrogen (secondary N) is 1. The van der Waals surface area contributed by atoms with E-state index >= 15 is 0 Å². The summed E-state index contributed by atoms with van der Waals surface area (Å²) in [6, 6.07) is 2.14. The maximum atomic E-state index is 12.2. The van der Waals surface area contributed by atoms with Crippen molar-refractivity contribution in [1.82, 2.24) is 20.1 Å². The van der Waals surface area contributed by atoms with E-state index in [1.165, 1.54) is 0 Å². The number of hydrogen-bond acceptors (Lipinski definition) is 5. The fourth-order valence-electron chi connectivity index (χ4n) is 2.78. The van der Waals surface area contributed by atoms with Crippen LogP contribution in [0.5, 0.6) is 0 Å². The number of hydrogen-bond donors (Lipinski definition) is 1. The van der Waals surface area contributed by atoms with Crippen LogP contribution in [0.1, 0.15) is 29.0 Å². The van der Waals surface area contributed by atoms with Gasteiger partial charge < -0.3 is 10.2 Å². The molecule has 1 aliphatic heterocycles. The molecule has 0 radical (unpaired) electrons. The molecule has 3 rings (SSSR count). The molecule has 1 atom stereocenters. The van der Waals surface area contributed by atoms with Crippen LogP contribution in [0.25, 0.3) is 0 Å². The predicted molar refractivity (Wildman–Crippen MR) is 82.8 cm³/mol. The van der Waals surface area contributed by atoms with Crippen molar-refractivity contribution < 1.29 is 4.79 Å². The molecule has 1 N–H and O–H groups in total. The highest BCUT2D eigenvalue weighted by Gasteiger charge is 2.27. The van der Waals surface area contributed by atoms with Crippen LogP contribution in [0.15, 0.2) is 17.6 Å². The average Bonchev–Trinajstić information content (AvgIpc) is 3.15. The van der Waals surface area contributed by atoms with Crippen LogP contribution in [-0.4, -0.2) is 39.8 Å². The van der Waals surface area contributed by atoms with Crippen molar-refractivity contribution in [2.75, 3.05) is 18.0 Å². The van der Waals surface area contributed by atoms with Gasteiger partial charge in [-0.15, -0.1) is 11.3 Å².